The number of carbonyl (C=O) groups is 1. The molecule has 2 rings (SSSR count). The molecular weight excluding hydrogens is 212 g/mol. The molecule has 0 saturated carbocycles. The Bertz CT molecular complexity index is 569. The highest BCUT2D eigenvalue weighted by molar-refractivity contribution is 5.92. The Morgan fingerprint density at radius 1 is 1.50 bits per heavy atom. The Balaban J connectivity index is 2.25. The maximum atomic E-state index is 11.2. The van der Waals surface area contributed by atoms with Crippen LogP contribution in [-0.4, -0.2) is 22.6 Å². The van der Waals surface area contributed by atoms with Crippen molar-refractivity contribution in [3.8, 4) is 0 Å². The second-order valence-electron chi connectivity index (χ2n) is 3.25. The van der Waals surface area contributed by atoms with E-state index in [1.807, 2.05) is 0 Å². The number of benzene rings is 1. The first kappa shape index (κ1) is 10.4. The number of aromatic amines is 1. The molecular formula is C10H10N2O4. The van der Waals surface area contributed by atoms with E-state index in [4.69, 9.17) is 9.52 Å². The number of aliphatic hydroxyl groups excluding tert-OH is 1. The van der Waals surface area contributed by atoms with Gasteiger partial charge in [-0.1, -0.05) is 0 Å². The highest BCUT2D eigenvalue weighted by Gasteiger charge is 2.04. The summed E-state index contributed by atoms with van der Waals surface area (Å²) in [6, 6.07) is 4.82. The van der Waals surface area contributed by atoms with Gasteiger partial charge in [0, 0.05) is 11.8 Å². The lowest BCUT2D eigenvalue weighted by atomic mass is 10.3. The Hall–Kier alpha value is -2.08. The van der Waals surface area contributed by atoms with E-state index in [1.165, 1.54) is 0 Å². The quantitative estimate of drug-likeness (QED) is 0.702. The van der Waals surface area contributed by atoms with Crippen LogP contribution >= 0.6 is 0 Å². The van der Waals surface area contributed by atoms with Crippen molar-refractivity contribution in [1.82, 2.24) is 4.98 Å². The summed E-state index contributed by atoms with van der Waals surface area (Å²) in [4.78, 5) is 24.6. The standard InChI is InChI=1S/C10H10N2O4/c13-4-3-9(14)11-6-1-2-7-8(5-6)16-10(15)12-7/h1-2,5,13H,3-4H2,(H,11,14)(H,12,15). The van der Waals surface area contributed by atoms with Crippen LogP contribution < -0.4 is 11.1 Å². The molecule has 1 aromatic carbocycles. The van der Waals surface area contributed by atoms with Gasteiger partial charge in [0.1, 0.15) is 0 Å². The van der Waals surface area contributed by atoms with Crippen LogP contribution in [0.2, 0.25) is 0 Å². The summed E-state index contributed by atoms with van der Waals surface area (Å²) in [5, 5.41) is 11.1. The van der Waals surface area contributed by atoms with Crippen molar-refractivity contribution in [3.05, 3.63) is 28.7 Å². The highest BCUT2D eigenvalue weighted by Crippen LogP contribution is 2.16. The first-order valence-electron chi connectivity index (χ1n) is 4.72. The minimum Gasteiger partial charge on any atom is -0.408 e. The van der Waals surface area contributed by atoms with Gasteiger partial charge < -0.3 is 14.8 Å². The van der Waals surface area contributed by atoms with Crippen molar-refractivity contribution in [2.75, 3.05) is 11.9 Å². The van der Waals surface area contributed by atoms with Crippen molar-refractivity contribution >= 4 is 22.7 Å². The summed E-state index contributed by atoms with van der Waals surface area (Å²) in [6.07, 6.45) is 0.0368. The van der Waals surface area contributed by atoms with Crippen LogP contribution in [0.5, 0.6) is 0 Å². The third kappa shape index (κ3) is 2.12. The number of carbonyl (C=O) groups excluding carboxylic acids is 1. The summed E-state index contributed by atoms with van der Waals surface area (Å²) in [6.45, 7) is -0.201. The first-order valence-corrected chi connectivity index (χ1v) is 4.72. The molecule has 2 aromatic rings. The number of H-pyrrole nitrogens is 1. The molecule has 1 aromatic heterocycles. The van der Waals surface area contributed by atoms with Gasteiger partial charge >= 0.3 is 5.76 Å². The lowest BCUT2D eigenvalue weighted by Gasteiger charge is -2.02. The molecule has 84 valence electrons. The largest absolute Gasteiger partial charge is 0.417 e. The monoisotopic (exact) mass is 222 g/mol. The lowest BCUT2D eigenvalue weighted by molar-refractivity contribution is -0.116. The minimum atomic E-state index is -0.533. The molecule has 1 amide bonds. The number of oxazole rings is 1. The van der Waals surface area contributed by atoms with E-state index in [-0.39, 0.29) is 18.9 Å². The van der Waals surface area contributed by atoms with E-state index < -0.39 is 5.76 Å². The molecule has 6 nitrogen and oxygen atoms in total. The molecule has 6 heteroatoms. The lowest BCUT2D eigenvalue weighted by Crippen LogP contribution is -2.12. The first-order chi connectivity index (χ1) is 7.69. The summed E-state index contributed by atoms with van der Waals surface area (Å²) < 4.78 is 4.84. The Morgan fingerprint density at radius 2 is 2.31 bits per heavy atom. The SMILES string of the molecule is O=C(CCO)Nc1ccc2[nH]c(=O)oc2c1. The molecule has 0 atom stereocenters. The van der Waals surface area contributed by atoms with Crippen LogP contribution in [0, 0.1) is 0 Å². The zero-order valence-electron chi connectivity index (χ0n) is 8.32. The number of aromatic nitrogens is 1. The molecule has 3 N–H and O–H groups in total. The minimum absolute atomic E-state index is 0.0368. The van der Waals surface area contributed by atoms with Crippen LogP contribution in [0.1, 0.15) is 6.42 Å². The molecule has 0 aliphatic carbocycles. The number of rotatable bonds is 3. The number of fused-ring (bicyclic) bond motifs is 1. The van der Waals surface area contributed by atoms with Crippen molar-refractivity contribution in [3.63, 3.8) is 0 Å². The van der Waals surface area contributed by atoms with Gasteiger partial charge in [-0.2, -0.15) is 0 Å². The fourth-order valence-electron chi connectivity index (χ4n) is 1.35. The predicted molar refractivity (Wildman–Crippen MR) is 57.2 cm³/mol. The predicted octanol–water partition coefficient (Wildman–Crippen LogP) is 0.442. The molecule has 0 aliphatic rings. The maximum Gasteiger partial charge on any atom is 0.417 e. The van der Waals surface area contributed by atoms with E-state index in [1.54, 1.807) is 18.2 Å². The average Bonchev–Trinajstić information content (AvgIpc) is 2.57. The Kier molecular flexibility index (Phi) is 2.74. The number of hydrogen-bond donors (Lipinski definition) is 3. The number of aliphatic hydroxyl groups is 1. The number of amides is 1. The molecule has 0 radical (unpaired) electrons. The van der Waals surface area contributed by atoms with Crippen LogP contribution in [0.3, 0.4) is 0 Å². The van der Waals surface area contributed by atoms with E-state index in [2.05, 4.69) is 10.3 Å². The van der Waals surface area contributed by atoms with E-state index >= 15 is 0 Å². The fraction of sp³-hybridized carbons (Fsp3) is 0.200. The Labute approximate surface area is 89.9 Å². The van der Waals surface area contributed by atoms with Gasteiger partial charge in [-0.25, -0.2) is 4.79 Å². The summed E-state index contributed by atoms with van der Waals surface area (Å²) in [5.41, 5.74) is 1.48. The molecule has 0 spiro atoms. The van der Waals surface area contributed by atoms with Crippen LogP contribution in [-0.2, 0) is 4.79 Å². The normalized spacial score (nSPS) is 10.6. The van der Waals surface area contributed by atoms with Gasteiger partial charge in [-0.05, 0) is 12.1 Å². The van der Waals surface area contributed by atoms with Crippen molar-refractivity contribution in [2.45, 2.75) is 6.42 Å². The summed E-state index contributed by atoms with van der Waals surface area (Å²) in [5.74, 6) is -0.825. The van der Waals surface area contributed by atoms with E-state index in [9.17, 15) is 9.59 Å². The molecule has 16 heavy (non-hydrogen) atoms. The van der Waals surface area contributed by atoms with E-state index in [0.717, 1.165) is 0 Å². The second kappa shape index (κ2) is 4.19. The maximum absolute atomic E-state index is 11.2. The topological polar surface area (TPSA) is 95.3 Å². The summed E-state index contributed by atoms with van der Waals surface area (Å²) >= 11 is 0. The highest BCUT2D eigenvalue weighted by atomic mass is 16.4. The van der Waals surface area contributed by atoms with Crippen molar-refractivity contribution in [2.24, 2.45) is 0 Å². The van der Waals surface area contributed by atoms with Gasteiger partial charge in [-0.3, -0.25) is 9.78 Å². The smallest absolute Gasteiger partial charge is 0.408 e. The second-order valence-corrected chi connectivity index (χ2v) is 3.25. The van der Waals surface area contributed by atoms with Gasteiger partial charge in [0.2, 0.25) is 5.91 Å². The molecule has 1 heterocycles. The third-order valence-corrected chi connectivity index (χ3v) is 2.04. The van der Waals surface area contributed by atoms with Gasteiger partial charge in [-0.15, -0.1) is 0 Å². The third-order valence-electron chi connectivity index (χ3n) is 2.04. The van der Waals surface area contributed by atoms with Gasteiger partial charge in [0.25, 0.3) is 0 Å². The summed E-state index contributed by atoms with van der Waals surface area (Å²) in [7, 11) is 0. The number of anilines is 1. The fourth-order valence-corrected chi connectivity index (χ4v) is 1.35. The molecule has 0 bridgehead atoms. The zero-order chi connectivity index (χ0) is 11.5. The zero-order valence-corrected chi connectivity index (χ0v) is 8.32. The van der Waals surface area contributed by atoms with Crippen LogP contribution in [0.4, 0.5) is 5.69 Å². The van der Waals surface area contributed by atoms with Crippen molar-refractivity contribution < 1.29 is 14.3 Å². The van der Waals surface area contributed by atoms with Crippen LogP contribution in [0.25, 0.3) is 11.1 Å². The molecule has 0 aliphatic heterocycles. The molecule has 0 fully saturated rings. The molecule has 0 saturated heterocycles. The van der Waals surface area contributed by atoms with Crippen LogP contribution in [0.15, 0.2) is 27.4 Å². The van der Waals surface area contributed by atoms with Crippen molar-refractivity contribution in [1.29, 1.82) is 0 Å². The number of nitrogens with one attached hydrogen (secondary N) is 2. The van der Waals surface area contributed by atoms with Gasteiger partial charge in [0.05, 0.1) is 18.5 Å². The van der Waals surface area contributed by atoms with E-state index in [0.29, 0.717) is 16.8 Å². The van der Waals surface area contributed by atoms with Gasteiger partial charge in [0.15, 0.2) is 5.58 Å². The Morgan fingerprint density at radius 3 is 3.06 bits per heavy atom. The average molecular weight is 222 g/mol. The number of hydrogen-bond acceptors (Lipinski definition) is 4. The molecule has 0 unspecified atom stereocenters.